The van der Waals surface area contributed by atoms with Crippen molar-refractivity contribution < 1.29 is 9.47 Å². The second kappa shape index (κ2) is 5.75. The van der Waals surface area contributed by atoms with Gasteiger partial charge < -0.3 is 9.47 Å². The minimum atomic E-state index is -0.397. The number of nitrogens with zero attached hydrogens (tertiary/aromatic N) is 4. The molecule has 1 unspecified atom stereocenters. The maximum atomic E-state index is 6.36. The molecule has 0 saturated carbocycles. The first-order chi connectivity index (χ1) is 10.5. The quantitative estimate of drug-likeness (QED) is 0.924. The first kappa shape index (κ1) is 15.1. The highest BCUT2D eigenvalue weighted by Crippen LogP contribution is 2.38. The van der Waals surface area contributed by atoms with Crippen molar-refractivity contribution in [1.29, 1.82) is 0 Å². The lowest BCUT2D eigenvalue weighted by molar-refractivity contribution is 0.333. The van der Waals surface area contributed by atoms with E-state index in [4.69, 9.17) is 32.7 Å². The maximum Gasteiger partial charge on any atom is 0.278 e. The van der Waals surface area contributed by atoms with Gasteiger partial charge in [0.25, 0.3) is 11.8 Å². The average Bonchev–Trinajstić information content (AvgIpc) is 2.93. The van der Waals surface area contributed by atoms with Crippen LogP contribution in [-0.2, 0) is 0 Å². The van der Waals surface area contributed by atoms with Crippen molar-refractivity contribution >= 4 is 40.6 Å². The number of hydrogen-bond donors (Lipinski definition) is 1. The number of hydrazine groups is 1. The van der Waals surface area contributed by atoms with Gasteiger partial charge in [0.1, 0.15) is 18.0 Å². The molecule has 116 valence electrons. The van der Waals surface area contributed by atoms with Gasteiger partial charge in [-0.1, -0.05) is 23.2 Å². The van der Waals surface area contributed by atoms with Crippen LogP contribution in [0.2, 0.25) is 10.0 Å². The molecule has 2 aromatic rings. The molecule has 7 nitrogen and oxygen atoms in total. The average molecular weight is 342 g/mol. The summed E-state index contributed by atoms with van der Waals surface area (Å²) in [7, 11) is 4.82. The van der Waals surface area contributed by atoms with Gasteiger partial charge >= 0.3 is 0 Å². The molecule has 1 aromatic heterocycles. The second-order valence-corrected chi connectivity index (χ2v) is 5.39. The Balaban J connectivity index is 2.29. The highest BCUT2D eigenvalue weighted by atomic mass is 35.5. The summed E-state index contributed by atoms with van der Waals surface area (Å²) >= 11 is 12.6. The molecule has 0 saturated heterocycles. The molecule has 0 amide bonds. The highest BCUT2D eigenvalue weighted by molar-refractivity contribution is 6.43. The summed E-state index contributed by atoms with van der Waals surface area (Å²) in [5.74, 6) is 0.546. The molecule has 0 bridgehead atoms. The monoisotopic (exact) mass is 341 g/mol. The van der Waals surface area contributed by atoms with E-state index < -0.39 is 6.17 Å². The van der Waals surface area contributed by atoms with E-state index in [2.05, 4.69) is 20.4 Å². The predicted molar refractivity (Wildman–Crippen MR) is 84.8 cm³/mol. The van der Waals surface area contributed by atoms with E-state index in [-0.39, 0.29) is 11.8 Å². The third-order valence-electron chi connectivity index (χ3n) is 3.20. The van der Waals surface area contributed by atoms with Gasteiger partial charge in [0, 0.05) is 12.6 Å². The normalized spacial score (nSPS) is 17.3. The van der Waals surface area contributed by atoms with E-state index >= 15 is 0 Å². The fourth-order valence-corrected chi connectivity index (χ4v) is 2.66. The molecule has 2 heterocycles. The molecule has 1 atom stereocenters. The summed E-state index contributed by atoms with van der Waals surface area (Å²) in [5.41, 5.74) is 4.86. The zero-order chi connectivity index (χ0) is 15.9. The Bertz CT molecular complexity index is 768. The first-order valence-electron chi connectivity index (χ1n) is 6.35. The van der Waals surface area contributed by atoms with Gasteiger partial charge in [-0.3, -0.25) is 5.01 Å². The smallest absolute Gasteiger partial charge is 0.278 e. The lowest BCUT2D eigenvalue weighted by Gasteiger charge is -2.17. The van der Waals surface area contributed by atoms with E-state index in [9.17, 15) is 0 Å². The van der Waals surface area contributed by atoms with E-state index in [1.165, 1.54) is 14.2 Å². The van der Waals surface area contributed by atoms with Crippen LogP contribution in [0.4, 0.5) is 0 Å². The Morgan fingerprint density at radius 1 is 1.18 bits per heavy atom. The number of aromatic nitrogens is 2. The standard InChI is InChI=1S/C13H13Cl2N5O2/c1-20-5-16-11(19-20)8-9(15)6(14)4-7-10(8)18-13(22-3)12(17-7)21-2/h4-5,11,19H,1-3H3. The van der Waals surface area contributed by atoms with Gasteiger partial charge in [0.15, 0.2) is 0 Å². The molecule has 9 heteroatoms. The van der Waals surface area contributed by atoms with Crippen LogP contribution in [0.1, 0.15) is 11.7 Å². The molecule has 0 fully saturated rings. The number of fused-ring (bicyclic) bond motifs is 1. The van der Waals surface area contributed by atoms with Crippen LogP contribution in [0.5, 0.6) is 11.8 Å². The van der Waals surface area contributed by atoms with Crippen LogP contribution in [0.3, 0.4) is 0 Å². The molecule has 0 aliphatic carbocycles. The van der Waals surface area contributed by atoms with Gasteiger partial charge in [0.2, 0.25) is 0 Å². The van der Waals surface area contributed by atoms with Crippen LogP contribution in [0.25, 0.3) is 11.0 Å². The van der Waals surface area contributed by atoms with Crippen molar-refractivity contribution in [2.75, 3.05) is 21.3 Å². The molecule has 22 heavy (non-hydrogen) atoms. The van der Waals surface area contributed by atoms with E-state index in [1.54, 1.807) is 17.4 Å². The molecular weight excluding hydrogens is 329 g/mol. The largest absolute Gasteiger partial charge is 0.477 e. The first-order valence-corrected chi connectivity index (χ1v) is 7.10. The Morgan fingerprint density at radius 2 is 1.86 bits per heavy atom. The Kier molecular flexibility index (Phi) is 3.94. The summed E-state index contributed by atoms with van der Waals surface area (Å²) in [5, 5.41) is 2.47. The molecule has 1 aliphatic rings. The van der Waals surface area contributed by atoms with Crippen molar-refractivity contribution in [3.8, 4) is 11.8 Å². The second-order valence-electron chi connectivity index (χ2n) is 4.60. The van der Waals surface area contributed by atoms with Crippen molar-refractivity contribution in [2.24, 2.45) is 4.99 Å². The molecule has 1 aromatic carbocycles. The number of hydrogen-bond acceptors (Lipinski definition) is 7. The zero-order valence-electron chi connectivity index (χ0n) is 12.1. The number of nitrogens with one attached hydrogen (secondary N) is 1. The molecule has 0 spiro atoms. The Hall–Kier alpha value is -1.83. The maximum absolute atomic E-state index is 6.36. The molecule has 1 aliphatic heterocycles. The van der Waals surface area contributed by atoms with Gasteiger partial charge in [0.05, 0.1) is 29.8 Å². The number of ether oxygens (including phenoxy) is 2. The number of aliphatic imine (C=N–C) groups is 1. The highest BCUT2D eigenvalue weighted by Gasteiger charge is 2.25. The van der Waals surface area contributed by atoms with Crippen LogP contribution in [0, 0.1) is 0 Å². The summed E-state index contributed by atoms with van der Waals surface area (Å²) < 4.78 is 10.4. The Labute approximate surface area is 136 Å². The van der Waals surface area contributed by atoms with E-state index in [1.807, 2.05) is 7.05 Å². The minimum Gasteiger partial charge on any atom is -0.477 e. The number of methoxy groups -OCH3 is 2. The zero-order valence-corrected chi connectivity index (χ0v) is 13.6. The number of halogens is 2. The van der Waals surface area contributed by atoms with Gasteiger partial charge in [-0.05, 0) is 6.07 Å². The van der Waals surface area contributed by atoms with Crippen LogP contribution in [0.15, 0.2) is 11.1 Å². The van der Waals surface area contributed by atoms with Crippen LogP contribution in [-0.4, -0.2) is 42.6 Å². The van der Waals surface area contributed by atoms with Gasteiger partial charge in [-0.2, -0.15) is 0 Å². The lowest BCUT2D eigenvalue weighted by Crippen LogP contribution is -2.29. The van der Waals surface area contributed by atoms with Crippen LogP contribution >= 0.6 is 23.2 Å². The van der Waals surface area contributed by atoms with E-state index in [0.29, 0.717) is 26.6 Å². The summed E-state index contributed by atoms with van der Waals surface area (Å²) in [4.78, 5) is 13.2. The van der Waals surface area contributed by atoms with Gasteiger partial charge in [-0.15, -0.1) is 0 Å². The van der Waals surface area contributed by atoms with Gasteiger partial charge in [-0.25, -0.2) is 20.4 Å². The fraction of sp³-hybridized carbons (Fsp3) is 0.308. The topological polar surface area (TPSA) is 71.9 Å². The van der Waals surface area contributed by atoms with Crippen molar-refractivity contribution in [1.82, 2.24) is 20.4 Å². The van der Waals surface area contributed by atoms with Crippen molar-refractivity contribution in [2.45, 2.75) is 6.17 Å². The van der Waals surface area contributed by atoms with Crippen molar-refractivity contribution in [3.05, 3.63) is 21.7 Å². The minimum absolute atomic E-state index is 0.268. The SMILES string of the molecule is COc1nc2cc(Cl)c(Cl)c(C3N=CN(C)N3)c2nc1OC. The molecular formula is C13H13Cl2N5O2. The van der Waals surface area contributed by atoms with Crippen molar-refractivity contribution in [3.63, 3.8) is 0 Å². The van der Waals surface area contributed by atoms with Crippen LogP contribution < -0.4 is 14.9 Å². The summed E-state index contributed by atoms with van der Waals surface area (Å²) in [6, 6.07) is 1.64. The molecule has 0 radical (unpaired) electrons. The number of rotatable bonds is 3. The number of benzene rings is 1. The third-order valence-corrected chi connectivity index (χ3v) is 4.00. The molecule has 1 N–H and O–H groups in total. The fourth-order valence-electron chi connectivity index (χ4n) is 2.21. The summed E-state index contributed by atoms with van der Waals surface area (Å²) in [6.45, 7) is 0. The summed E-state index contributed by atoms with van der Waals surface area (Å²) in [6.07, 6.45) is 1.26. The third kappa shape index (κ3) is 2.41. The lowest BCUT2D eigenvalue weighted by atomic mass is 10.1. The predicted octanol–water partition coefficient (Wildman–Crippen LogP) is 2.43. The van der Waals surface area contributed by atoms with E-state index in [0.717, 1.165) is 0 Å². The Morgan fingerprint density at radius 3 is 2.45 bits per heavy atom. The molecule has 3 rings (SSSR count).